The molecule has 0 aliphatic heterocycles. The van der Waals surface area contributed by atoms with Gasteiger partial charge in [0.2, 0.25) is 0 Å². The number of nitrogens with one attached hydrogen (secondary N) is 2. The summed E-state index contributed by atoms with van der Waals surface area (Å²) in [4.78, 5) is 75.2. The van der Waals surface area contributed by atoms with Gasteiger partial charge in [-0.2, -0.15) is 0 Å². The van der Waals surface area contributed by atoms with Crippen molar-refractivity contribution in [3.63, 3.8) is 0 Å². The second kappa shape index (κ2) is 27.0. The van der Waals surface area contributed by atoms with Gasteiger partial charge in [0, 0.05) is 65.5 Å². The van der Waals surface area contributed by atoms with Crippen LogP contribution >= 0.6 is 22.7 Å². The number of nitrogens with two attached hydrogens (primary N) is 1. The van der Waals surface area contributed by atoms with Gasteiger partial charge >= 0.3 is 17.4 Å². The SMILES string of the molecule is CN(Cc1ccccc1)Cc1c(-c2ccc(N)cc2)sc2c1c(=O)n(-c1ccccc1)c(=O)n2Cc1c(F)cccc1F.CNC(=O)Nc1ccc(-c2sc3c(c2CN(C)Cc2ccccc2)c(=O)n(-c2ccccc2)c(=O)n3Cc2c(F)cccc2F)cc1. The summed E-state index contributed by atoms with van der Waals surface area (Å²) in [6.07, 6.45) is 0. The number of fused-ring (bicyclic) bond motifs is 2. The van der Waals surface area contributed by atoms with Gasteiger partial charge in [0.1, 0.15) is 32.9 Å². The van der Waals surface area contributed by atoms with Crippen LogP contribution in [0.3, 0.4) is 0 Å². The van der Waals surface area contributed by atoms with Crippen LogP contribution in [0, 0.1) is 23.3 Å². The van der Waals surface area contributed by atoms with Crippen molar-refractivity contribution in [2.45, 2.75) is 39.3 Å². The van der Waals surface area contributed by atoms with Crippen molar-refractivity contribution in [2.75, 3.05) is 32.2 Å². The Hall–Kier alpha value is -10.3. The van der Waals surface area contributed by atoms with Crippen LogP contribution in [-0.4, -0.2) is 55.2 Å². The number of carbonyl (C=O) groups excluding carboxylic acids is 1. The fraction of sp³-hybridized carbons (Fsp3) is 0.129. The molecule has 0 atom stereocenters. The fourth-order valence-corrected chi connectivity index (χ4v) is 13.5. The standard InChI is InChI=1S/C36H31F2N5O3S.C34H28F2N4O2S/c1-39-35(45)40-25-18-16-24(17-19-25)32-28(21-41(2)20-23-10-5-3-6-11-23)31-33(44)43(26-12-7-4-8-13-26)36(46)42(34(31)47-32)22-27-29(37)14-9-15-30(27)38;1-38(19-22-9-4-2-5-10-22)20-27-30-32(41)40(25-11-6-3-7-12-25)34(42)39(21-26-28(35)13-8-14-29(26)36)33(30)43-31(27)23-15-17-24(37)18-16-23/h3-19H,20-22H2,1-2H3,(H2,39,40,45);2-18H,19-21,37H2,1H3. The van der Waals surface area contributed by atoms with Gasteiger partial charge in [-0.25, -0.2) is 41.1 Å². The molecule has 4 N–H and O–H groups in total. The van der Waals surface area contributed by atoms with Crippen LogP contribution in [0.1, 0.15) is 33.4 Å². The smallest absolute Gasteiger partial charge is 0.337 e. The Morgan fingerprint density at radius 2 is 0.811 bits per heavy atom. The summed E-state index contributed by atoms with van der Waals surface area (Å²) in [7, 11) is 5.43. The van der Waals surface area contributed by atoms with E-state index in [0.29, 0.717) is 69.5 Å². The van der Waals surface area contributed by atoms with Crippen molar-refractivity contribution in [3.8, 4) is 32.3 Å². The predicted molar refractivity (Wildman–Crippen MR) is 351 cm³/mol. The molecule has 454 valence electrons. The summed E-state index contributed by atoms with van der Waals surface area (Å²) in [6, 6.07) is 58.2. The molecule has 0 aliphatic rings. The normalized spacial score (nSPS) is 11.3. The van der Waals surface area contributed by atoms with Gasteiger partial charge in [-0.3, -0.25) is 28.5 Å². The number of amides is 2. The largest absolute Gasteiger partial charge is 0.399 e. The first-order valence-corrected chi connectivity index (χ1v) is 30.2. The average molecular weight is 1250 g/mol. The van der Waals surface area contributed by atoms with Gasteiger partial charge in [0.25, 0.3) is 11.1 Å². The highest BCUT2D eigenvalue weighted by Gasteiger charge is 2.28. The number of benzene rings is 8. The summed E-state index contributed by atoms with van der Waals surface area (Å²) < 4.78 is 64.5. The molecule has 8 aromatic carbocycles. The highest BCUT2D eigenvalue weighted by molar-refractivity contribution is 7.22. The van der Waals surface area contributed by atoms with Gasteiger partial charge < -0.3 is 16.4 Å². The lowest BCUT2D eigenvalue weighted by molar-refractivity contribution is 0.254. The molecule has 12 rings (SSSR count). The van der Waals surface area contributed by atoms with E-state index in [9.17, 15) is 41.5 Å². The molecule has 0 unspecified atom stereocenters. The molecule has 4 heterocycles. The molecule has 0 spiro atoms. The van der Waals surface area contributed by atoms with E-state index >= 15 is 0 Å². The molecule has 12 aromatic rings. The third-order valence-electron chi connectivity index (χ3n) is 15.2. The summed E-state index contributed by atoms with van der Waals surface area (Å²) in [5, 5.41) is 5.87. The summed E-state index contributed by atoms with van der Waals surface area (Å²) >= 11 is 2.48. The van der Waals surface area contributed by atoms with E-state index in [1.54, 1.807) is 84.9 Å². The zero-order valence-corrected chi connectivity index (χ0v) is 50.6. The van der Waals surface area contributed by atoms with E-state index in [1.807, 2.05) is 99.0 Å². The maximum Gasteiger partial charge on any atom is 0.337 e. The van der Waals surface area contributed by atoms with Gasteiger partial charge in [-0.05, 0) is 120 Å². The van der Waals surface area contributed by atoms with Gasteiger partial charge in [-0.1, -0.05) is 133 Å². The molecular formula is C70H59F4N9O5S2. The van der Waals surface area contributed by atoms with Gasteiger partial charge in [0.15, 0.2) is 0 Å². The van der Waals surface area contributed by atoms with E-state index in [0.717, 1.165) is 71.0 Å². The van der Waals surface area contributed by atoms with Crippen LogP contribution in [0.15, 0.2) is 225 Å². The molecule has 0 saturated carbocycles. The predicted octanol–water partition coefficient (Wildman–Crippen LogP) is 13.0. The average Bonchev–Trinajstić information content (AvgIpc) is 1.55. The topological polar surface area (TPSA) is 162 Å². The lowest BCUT2D eigenvalue weighted by atomic mass is 10.1. The highest BCUT2D eigenvalue weighted by Crippen LogP contribution is 2.41. The summed E-state index contributed by atoms with van der Waals surface area (Å²) in [5.74, 6) is -3.12. The molecule has 20 heteroatoms. The van der Waals surface area contributed by atoms with Crippen molar-refractivity contribution in [1.82, 2.24) is 33.4 Å². The fourth-order valence-electron chi connectivity index (χ4n) is 10.9. The van der Waals surface area contributed by atoms with Crippen molar-refractivity contribution in [2.24, 2.45) is 0 Å². The number of thiophene rings is 2. The number of nitrogens with zero attached hydrogens (tertiary/aromatic N) is 6. The van der Waals surface area contributed by atoms with Crippen molar-refractivity contribution in [1.29, 1.82) is 0 Å². The van der Waals surface area contributed by atoms with Crippen molar-refractivity contribution < 1.29 is 22.4 Å². The Balaban J connectivity index is 0.000000186. The molecule has 14 nitrogen and oxygen atoms in total. The minimum atomic E-state index is -0.790. The number of halogens is 4. The first-order chi connectivity index (χ1) is 43.6. The number of para-hydroxylation sites is 2. The highest BCUT2D eigenvalue weighted by atomic mass is 32.1. The number of nitrogen functional groups attached to an aromatic ring is 1. The number of hydrogen-bond acceptors (Lipinski definition) is 10. The number of aromatic nitrogens is 4. The van der Waals surface area contributed by atoms with E-state index in [-0.39, 0.29) is 29.1 Å². The molecular weight excluding hydrogens is 1190 g/mol. The summed E-state index contributed by atoms with van der Waals surface area (Å²) in [6.45, 7) is 1.10. The maximum absolute atomic E-state index is 15.0. The van der Waals surface area contributed by atoms with E-state index in [1.165, 1.54) is 51.0 Å². The molecule has 0 radical (unpaired) electrons. The van der Waals surface area contributed by atoms with Crippen LogP contribution in [0.4, 0.5) is 33.7 Å². The lowest BCUT2D eigenvalue weighted by Gasteiger charge is -2.18. The van der Waals surface area contributed by atoms with Gasteiger partial charge in [-0.15, -0.1) is 22.7 Å². The quantitative estimate of drug-likeness (QED) is 0.0600. The second-order valence-electron chi connectivity index (χ2n) is 21.5. The third-order valence-corrected chi connectivity index (χ3v) is 17.8. The Bertz CT molecular complexity index is 4790. The first-order valence-electron chi connectivity index (χ1n) is 28.6. The lowest BCUT2D eigenvalue weighted by Crippen LogP contribution is -2.39. The van der Waals surface area contributed by atoms with Crippen LogP contribution in [0.2, 0.25) is 0 Å². The molecule has 90 heavy (non-hydrogen) atoms. The number of rotatable bonds is 17. The monoisotopic (exact) mass is 1250 g/mol. The van der Waals surface area contributed by atoms with E-state index in [4.69, 9.17) is 5.73 Å². The Morgan fingerprint density at radius 3 is 1.18 bits per heavy atom. The third kappa shape index (κ3) is 13.0. The van der Waals surface area contributed by atoms with E-state index < -0.39 is 52.3 Å². The molecule has 0 saturated heterocycles. The van der Waals surface area contributed by atoms with Crippen LogP contribution < -0.4 is 38.9 Å². The van der Waals surface area contributed by atoms with Crippen molar-refractivity contribution in [3.05, 3.63) is 305 Å². The van der Waals surface area contributed by atoms with Crippen molar-refractivity contribution >= 4 is 60.5 Å². The molecule has 2 amide bonds. The summed E-state index contributed by atoms with van der Waals surface area (Å²) in [5.41, 5.74) is 10.0. The van der Waals surface area contributed by atoms with Crippen LogP contribution in [0.5, 0.6) is 0 Å². The zero-order valence-electron chi connectivity index (χ0n) is 49.0. The first kappa shape index (κ1) is 61.4. The molecule has 0 aliphatic carbocycles. The number of anilines is 2. The van der Waals surface area contributed by atoms with E-state index in [2.05, 4.69) is 20.4 Å². The van der Waals surface area contributed by atoms with Gasteiger partial charge in [0.05, 0.1) is 35.2 Å². The Morgan fingerprint density at radius 1 is 0.456 bits per heavy atom. The maximum atomic E-state index is 15.0. The second-order valence-corrected chi connectivity index (χ2v) is 23.5. The number of urea groups is 1. The zero-order chi connectivity index (χ0) is 63.2. The molecule has 0 fully saturated rings. The van der Waals surface area contributed by atoms with Crippen LogP contribution in [-0.2, 0) is 39.3 Å². The number of hydrogen-bond donors (Lipinski definition) is 3. The Kier molecular flexibility index (Phi) is 18.4. The molecule has 4 aromatic heterocycles. The number of carbonyl (C=O) groups is 1. The minimum absolute atomic E-state index is 0.255. The molecule has 0 bridgehead atoms. The Labute approximate surface area is 521 Å². The van der Waals surface area contributed by atoms with Crippen LogP contribution in [0.25, 0.3) is 52.7 Å². The minimum Gasteiger partial charge on any atom is -0.399 e.